The third kappa shape index (κ3) is 6.49. The Kier molecular flexibility index (Phi) is 8.22. The van der Waals surface area contributed by atoms with Crippen molar-refractivity contribution in [2.75, 3.05) is 25.5 Å². The standard InChI is InChI=1S/C25H30F3N3O5S/c1-2-37(34,35)21-7-3-16(4-8-21)23(14-32)30-24(33)17-9-18-11-31(13-22(18)29-10-17)12-20-6-5-19(15-36-20)25(26,27)28/h3-4,7-10,19-20,23,32H,2,5-6,11-15H2,1H3,(H,30,33)/t19?,20-,23+/m1/s1. The number of fused-ring (bicyclic) bond motifs is 1. The number of carbonyl (C=O) groups is 1. The van der Waals surface area contributed by atoms with Gasteiger partial charge in [0.05, 0.1) is 53.2 Å². The van der Waals surface area contributed by atoms with Gasteiger partial charge in [0.1, 0.15) is 0 Å². The van der Waals surface area contributed by atoms with Gasteiger partial charge in [-0.05, 0) is 42.2 Å². The van der Waals surface area contributed by atoms with Gasteiger partial charge in [-0.1, -0.05) is 19.1 Å². The van der Waals surface area contributed by atoms with Gasteiger partial charge in [0.2, 0.25) is 0 Å². The van der Waals surface area contributed by atoms with Crippen LogP contribution in [-0.2, 0) is 27.7 Å². The molecule has 3 heterocycles. The molecule has 0 bridgehead atoms. The topological polar surface area (TPSA) is 109 Å². The SMILES string of the molecule is CCS(=O)(=O)c1ccc([C@H](CO)NC(=O)c2cnc3c(c2)CN(C[C@H]2CCC(C(F)(F)F)CO2)C3)cc1. The number of alkyl halides is 3. The second-order valence-electron chi connectivity index (χ2n) is 9.45. The van der Waals surface area contributed by atoms with E-state index < -0.39 is 33.9 Å². The van der Waals surface area contributed by atoms with Crippen molar-refractivity contribution in [3.05, 3.63) is 58.9 Å². The van der Waals surface area contributed by atoms with E-state index in [1.54, 1.807) is 25.1 Å². The molecule has 4 rings (SSSR count). The minimum atomic E-state index is -4.23. The summed E-state index contributed by atoms with van der Waals surface area (Å²) in [6, 6.07) is 7.02. The van der Waals surface area contributed by atoms with Crippen molar-refractivity contribution in [3.63, 3.8) is 0 Å². The number of carbonyl (C=O) groups excluding carboxylic acids is 1. The normalized spacial score (nSPS) is 21.4. The summed E-state index contributed by atoms with van der Waals surface area (Å²) in [6.45, 7) is 2.36. The van der Waals surface area contributed by atoms with Crippen LogP contribution in [0.4, 0.5) is 13.2 Å². The lowest BCUT2D eigenvalue weighted by Gasteiger charge is -2.32. The van der Waals surface area contributed by atoms with Crippen molar-refractivity contribution < 1.29 is 36.2 Å². The Balaban J connectivity index is 1.35. The number of nitrogens with one attached hydrogen (secondary N) is 1. The first-order valence-corrected chi connectivity index (χ1v) is 13.8. The van der Waals surface area contributed by atoms with Crippen molar-refractivity contribution in [3.8, 4) is 0 Å². The molecule has 2 aliphatic rings. The van der Waals surface area contributed by atoms with E-state index in [1.807, 2.05) is 4.90 Å². The maximum absolute atomic E-state index is 12.9. The number of hydrogen-bond acceptors (Lipinski definition) is 7. The number of hydrogen-bond donors (Lipinski definition) is 2. The van der Waals surface area contributed by atoms with E-state index in [2.05, 4.69) is 10.3 Å². The minimum absolute atomic E-state index is 0.0263. The molecule has 1 amide bonds. The zero-order valence-electron chi connectivity index (χ0n) is 20.4. The Hall–Kier alpha value is -2.54. The highest BCUT2D eigenvalue weighted by atomic mass is 32.2. The van der Waals surface area contributed by atoms with Crippen molar-refractivity contribution in [2.24, 2.45) is 5.92 Å². The van der Waals surface area contributed by atoms with Gasteiger partial charge >= 0.3 is 6.18 Å². The molecule has 1 fully saturated rings. The van der Waals surface area contributed by atoms with Crippen LogP contribution in [0.3, 0.4) is 0 Å². The molecule has 2 aliphatic heterocycles. The average Bonchev–Trinajstić information content (AvgIpc) is 3.28. The molecule has 0 saturated carbocycles. The van der Waals surface area contributed by atoms with E-state index in [9.17, 15) is 31.5 Å². The number of rotatable bonds is 8. The molecule has 12 heteroatoms. The van der Waals surface area contributed by atoms with Crippen molar-refractivity contribution in [1.29, 1.82) is 0 Å². The summed E-state index contributed by atoms with van der Waals surface area (Å²) in [6.07, 6.45) is -2.66. The van der Waals surface area contributed by atoms with E-state index in [4.69, 9.17) is 4.74 Å². The molecule has 8 nitrogen and oxygen atoms in total. The highest BCUT2D eigenvalue weighted by Gasteiger charge is 2.42. The second kappa shape index (κ2) is 11.1. The van der Waals surface area contributed by atoms with Crippen LogP contribution in [0.2, 0.25) is 0 Å². The summed E-state index contributed by atoms with van der Waals surface area (Å²) in [4.78, 5) is 19.5. The van der Waals surface area contributed by atoms with Crippen LogP contribution < -0.4 is 5.32 Å². The number of benzene rings is 1. The highest BCUT2D eigenvalue weighted by Crippen LogP contribution is 2.34. The molecule has 0 aliphatic carbocycles. The number of amides is 1. The highest BCUT2D eigenvalue weighted by molar-refractivity contribution is 7.91. The van der Waals surface area contributed by atoms with Gasteiger partial charge in [-0.2, -0.15) is 13.2 Å². The Morgan fingerprint density at radius 1 is 1.24 bits per heavy atom. The molecule has 2 N–H and O–H groups in total. The Morgan fingerprint density at radius 2 is 1.97 bits per heavy atom. The van der Waals surface area contributed by atoms with E-state index in [-0.39, 0.29) is 36.4 Å². The molecule has 3 atom stereocenters. The van der Waals surface area contributed by atoms with Crippen molar-refractivity contribution in [2.45, 2.75) is 56.1 Å². The Bertz CT molecular complexity index is 1210. The lowest BCUT2D eigenvalue weighted by atomic mass is 9.98. The molecule has 1 saturated heterocycles. The van der Waals surface area contributed by atoms with Gasteiger partial charge in [-0.25, -0.2) is 8.42 Å². The van der Waals surface area contributed by atoms with Gasteiger partial charge in [-0.3, -0.25) is 14.7 Å². The molecule has 1 unspecified atom stereocenters. The fourth-order valence-electron chi connectivity index (χ4n) is 4.63. The number of pyridine rings is 1. The van der Waals surface area contributed by atoms with Crippen LogP contribution in [0.1, 0.15) is 53.0 Å². The van der Waals surface area contributed by atoms with Gasteiger partial charge in [0.25, 0.3) is 5.91 Å². The quantitative estimate of drug-likeness (QED) is 0.529. The summed E-state index contributed by atoms with van der Waals surface area (Å²) < 4.78 is 68.1. The third-order valence-electron chi connectivity index (χ3n) is 6.89. The Labute approximate surface area is 213 Å². The Morgan fingerprint density at radius 3 is 2.57 bits per heavy atom. The number of nitrogens with zero attached hydrogens (tertiary/aromatic N) is 2. The van der Waals surface area contributed by atoms with Crippen LogP contribution in [0, 0.1) is 5.92 Å². The first-order valence-electron chi connectivity index (χ1n) is 12.1. The summed E-state index contributed by atoms with van der Waals surface area (Å²) in [5.74, 6) is -1.87. The molecular formula is C25H30F3N3O5S. The summed E-state index contributed by atoms with van der Waals surface area (Å²) in [5, 5.41) is 12.6. The number of halogens is 3. The monoisotopic (exact) mass is 541 g/mol. The maximum Gasteiger partial charge on any atom is 0.394 e. The van der Waals surface area contributed by atoms with Gasteiger partial charge in [0.15, 0.2) is 9.84 Å². The lowest BCUT2D eigenvalue weighted by Crippen LogP contribution is -2.39. The zero-order chi connectivity index (χ0) is 26.8. The number of aliphatic hydroxyl groups excluding tert-OH is 1. The van der Waals surface area contributed by atoms with E-state index in [0.29, 0.717) is 37.2 Å². The largest absolute Gasteiger partial charge is 0.394 e. The van der Waals surface area contributed by atoms with Crippen LogP contribution in [0.5, 0.6) is 0 Å². The molecule has 37 heavy (non-hydrogen) atoms. The summed E-state index contributed by atoms with van der Waals surface area (Å²) in [7, 11) is -3.36. The second-order valence-corrected chi connectivity index (χ2v) is 11.7. The molecule has 1 aromatic carbocycles. The van der Waals surface area contributed by atoms with Crippen LogP contribution >= 0.6 is 0 Å². The average molecular weight is 542 g/mol. The number of sulfone groups is 1. The third-order valence-corrected chi connectivity index (χ3v) is 8.64. The van der Waals surface area contributed by atoms with E-state index in [1.165, 1.54) is 18.3 Å². The van der Waals surface area contributed by atoms with Crippen LogP contribution in [0.25, 0.3) is 0 Å². The number of ether oxygens (including phenoxy) is 1. The molecular weight excluding hydrogens is 511 g/mol. The molecule has 2 aromatic rings. The maximum atomic E-state index is 12.9. The first kappa shape index (κ1) is 27.5. The van der Waals surface area contributed by atoms with Crippen LogP contribution in [-0.4, -0.2) is 67.1 Å². The van der Waals surface area contributed by atoms with Gasteiger partial charge in [0, 0.05) is 25.8 Å². The lowest BCUT2D eigenvalue weighted by molar-refractivity contribution is -0.208. The van der Waals surface area contributed by atoms with Crippen molar-refractivity contribution >= 4 is 15.7 Å². The smallest absolute Gasteiger partial charge is 0.394 e. The first-order chi connectivity index (χ1) is 17.5. The van der Waals surface area contributed by atoms with Crippen LogP contribution in [0.15, 0.2) is 41.4 Å². The summed E-state index contributed by atoms with van der Waals surface area (Å²) in [5.41, 5.74) is 2.52. The summed E-state index contributed by atoms with van der Waals surface area (Å²) >= 11 is 0. The molecule has 1 aromatic heterocycles. The molecule has 0 radical (unpaired) electrons. The fraction of sp³-hybridized carbons (Fsp3) is 0.520. The predicted molar refractivity (Wildman–Crippen MR) is 128 cm³/mol. The van der Waals surface area contributed by atoms with Gasteiger partial charge < -0.3 is 15.2 Å². The molecule has 202 valence electrons. The van der Waals surface area contributed by atoms with Gasteiger partial charge in [-0.15, -0.1) is 0 Å². The number of aromatic nitrogens is 1. The predicted octanol–water partition coefficient (Wildman–Crippen LogP) is 3.01. The zero-order valence-corrected chi connectivity index (χ0v) is 21.2. The fourth-order valence-corrected chi connectivity index (χ4v) is 5.51. The minimum Gasteiger partial charge on any atom is -0.394 e. The molecule has 0 spiro atoms. The van der Waals surface area contributed by atoms with E-state index >= 15 is 0 Å². The van der Waals surface area contributed by atoms with Crippen molar-refractivity contribution in [1.82, 2.24) is 15.2 Å². The number of aliphatic hydroxyl groups is 1. The van der Waals surface area contributed by atoms with E-state index in [0.717, 1.165) is 11.3 Å².